The summed E-state index contributed by atoms with van der Waals surface area (Å²) in [6, 6.07) is 7.13. The summed E-state index contributed by atoms with van der Waals surface area (Å²) in [6.45, 7) is 0. The van der Waals surface area contributed by atoms with E-state index in [-0.39, 0.29) is 0 Å². The number of carbonyl (C=O) groups is 1. The van der Waals surface area contributed by atoms with Crippen LogP contribution in [0.1, 0.15) is 10.4 Å². The van der Waals surface area contributed by atoms with Crippen LogP contribution in [0.5, 0.6) is 0 Å². The van der Waals surface area contributed by atoms with Gasteiger partial charge in [0, 0.05) is 18.6 Å². The largest absolute Gasteiger partial charge is 0.365 e. The minimum Gasteiger partial charge on any atom is -0.365 e. The van der Waals surface area contributed by atoms with E-state index in [0.717, 1.165) is 0 Å². The van der Waals surface area contributed by atoms with Crippen molar-refractivity contribution in [1.82, 2.24) is 9.97 Å². The maximum absolute atomic E-state index is 11.1. The molecule has 2 heterocycles. The smallest absolute Gasteiger partial charge is 0.252 e. The Bertz CT molecular complexity index is 498. The zero-order chi connectivity index (χ0) is 11.4. The van der Waals surface area contributed by atoms with E-state index in [0.29, 0.717) is 17.1 Å². The van der Waals surface area contributed by atoms with E-state index in [1.54, 1.807) is 24.5 Å². The summed E-state index contributed by atoms with van der Waals surface area (Å²) in [5.41, 5.74) is 6.17. The number of hydrogen-bond acceptors (Lipinski definition) is 4. The van der Waals surface area contributed by atoms with E-state index < -0.39 is 5.91 Å². The zero-order valence-electron chi connectivity index (χ0n) is 8.42. The lowest BCUT2D eigenvalue weighted by Crippen LogP contribution is -2.13. The summed E-state index contributed by atoms with van der Waals surface area (Å²) in [6.07, 6.45) is 4.67. The topological polar surface area (TPSA) is 80.9 Å². The van der Waals surface area contributed by atoms with Crippen LogP contribution in [0.2, 0.25) is 0 Å². The van der Waals surface area contributed by atoms with Crippen molar-refractivity contribution in [2.24, 2.45) is 5.73 Å². The molecule has 16 heavy (non-hydrogen) atoms. The normalized spacial score (nSPS) is 9.75. The second kappa shape index (κ2) is 4.39. The van der Waals surface area contributed by atoms with Crippen molar-refractivity contribution in [3.8, 4) is 0 Å². The van der Waals surface area contributed by atoms with Crippen LogP contribution < -0.4 is 11.1 Å². The fourth-order valence-electron chi connectivity index (χ4n) is 1.27. The summed E-state index contributed by atoms with van der Waals surface area (Å²) in [5.74, 6) is 0.128. The first-order valence-corrected chi connectivity index (χ1v) is 4.69. The number of carbonyl (C=O) groups excluding carboxylic acids is 1. The Morgan fingerprint density at radius 1 is 1.25 bits per heavy atom. The monoisotopic (exact) mass is 214 g/mol. The molecule has 2 aromatic heterocycles. The van der Waals surface area contributed by atoms with Crippen LogP contribution >= 0.6 is 0 Å². The minimum absolute atomic E-state index is 0.341. The Hall–Kier alpha value is -2.43. The standard InChI is InChI=1S/C11H10N4O/c12-11(16)8-7-13-6-4-9(8)15-10-3-1-2-5-14-10/h1-7H,(H2,12,16)(H,13,14,15). The van der Waals surface area contributed by atoms with Gasteiger partial charge in [0.2, 0.25) is 0 Å². The maximum atomic E-state index is 11.1. The lowest BCUT2D eigenvalue weighted by atomic mass is 10.2. The number of anilines is 2. The molecule has 0 bridgehead atoms. The Morgan fingerprint density at radius 3 is 2.81 bits per heavy atom. The first-order valence-electron chi connectivity index (χ1n) is 4.69. The Kier molecular flexibility index (Phi) is 2.77. The van der Waals surface area contributed by atoms with Gasteiger partial charge in [-0.05, 0) is 18.2 Å². The fourth-order valence-corrected chi connectivity index (χ4v) is 1.27. The van der Waals surface area contributed by atoms with E-state index in [2.05, 4.69) is 15.3 Å². The molecule has 0 aromatic carbocycles. The van der Waals surface area contributed by atoms with Crippen LogP contribution in [0.25, 0.3) is 0 Å². The number of primary amides is 1. The summed E-state index contributed by atoms with van der Waals surface area (Å²) in [5, 5.41) is 3.00. The molecule has 0 aliphatic rings. The van der Waals surface area contributed by atoms with Gasteiger partial charge < -0.3 is 11.1 Å². The number of hydrogen-bond donors (Lipinski definition) is 2. The SMILES string of the molecule is NC(=O)c1cnccc1Nc1ccccn1. The highest BCUT2D eigenvalue weighted by Gasteiger charge is 2.07. The molecule has 0 aliphatic carbocycles. The zero-order valence-corrected chi connectivity index (χ0v) is 8.42. The number of aromatic nitrogens is 2. The lowest BCUT2D eigenvalue weighted by Gasteiger charge is -2.07. The number of amides is 1. The molecule has 5 heteroatoms. The molecule has 0 atom stereocenters. The molecule has 0 saturated heterocycles. The molecule has 2 aromatic rings. The number of nitrogens with zero attached hydrogens (tertiary/aromatic N) is 2. The first-order chi connectivity index (χ1) is 7.77. The van der Waals surface area contributed by atoms with Gasteiger partial charge in [-0.3, -0.25) is 9.78 Å². The predicted octanol–water partition coefficient (Wildman–Crippen LogP) is 1.32. The van der Waals surface area contributed by atoms with E-state index in [1.807, 2.05) is 12.1 Å². The molecule has 0 unspecified atom stereocenters. The molecule has 0 saturated carbocycles. The van der Waals surface area contributed by atoms with Gasteiger partial charge in [0.15, 0.2) is 0 Å². The average molecular weight is 214 g/mol. The van der Waals surface area contributed by atoms with Crippen LogP contribution in [0.3, 0.4) is 0 Å². The Balaban J connectivity index is 2.31. The molecule has 80 valence electrons. The van der Waals surface area contributed by atoms with Gasteiger partial charge in [0.1, 0.15) is 5.82 Å². The van der Waals surface area contributed by atoms with Gasteiger partial charge in [-0.2, -0.15) is 0 Å². The molecule has 2 rings (SSSR count). The molecule has 1 amide bonds. The second-order valence-corrected chi connectivity index (χ2v) is 3.13. The van der Waals surface area contributed by atoms with Crippen molar-refractivity contribution in [2.75, 3.05) is 5.32 Å². The molecule has 0 spiro atoms. The van der Waals surface area contributed by atoms with Gasteiger partial charge in [0.05, 0.1) is 11.3 Å². The summed E-state index contributed by atoms with van der Waals surface area (Å²) in [4.78, 5) is 19.1. The average Bonchev–Trinajstić information content (AvgIpc) is 2.31. The van der Waals surface area contributed by atoms with Crippen molar-refractivity contribution in [3.05, 3.63) is 48.4 Å². The maximum Gasteiger partial charge on any atom is 0.252 e. The highest BCUT2D eigenvalue weighted by molar-refractivity contribution is 5.98. The summed E-state index contributed by atoms with van der Waals surface area (Å²) in [7, 11) is 0. The van der Waals surface area contributed by atoms with Crippen molar-refractivity contribution < 1.29 is 4.79 Å². The van der Waals surface area contributed by atoms with Crippen LogP contribution in [0, 0.1) is 0 Å². The van der Waals surface area contributed by atoms with Gasteiger partial charge >= 0.3 is 0 Å². The summed E-state index contributed by atoms with van der Waals surface area (Å²) < 4.78 is 0. The van der Waals surface area contributed by atoms with Crippen LogP contribution in [0.15, 0.2) is 42.9 Å². The van der Waals surface area contributed by atoms with E-state index in [1.165, 1.54) is 6.20 Å². The van der Waals surface area contributed by atoms with Crippen molar-refractivity contribution in [2.45, 2.75) is 0 Å². The molecule has 0 aliphatic heterocycles. The van der Waals surface area contributed by atoms with Crippen LogP contribution in [-0.4, -0.2) is 15.9 Å². The third kappa shape index (κ3) is 2.14. The van der Waals surface area contributed by atoms with Gasteiger partial charge in [-0.15, -0.1) is 0 Å². The van der Waals surface area contributed by atoms with E-state index in [9.17, 15) is 4.79 Å². The molecule has 5 nitrogen and oxygen atoms in total. The highest BCUT2D eigenvalue weighted by Crippen LogP contribution is 2.17. The second-order valence-electron chi connectivity index (χ2n) is 3.13. The third-order valence-electron chi connectivity index (χ3n) is 2.01. The predicted molar refractivity (Wildman–Crippen MR) is 60.3 cm³/mol. The molecule has 0 radical (unpaired) electrons. The van der Waals surface area contributed by atoms with Gasteiger partial charge in [-0.1, -0.05) is 6.07 Å². The fraction of sp³-hybridized carbons (Fsp3) is 0. The number of pyridine rings is 2. The van der Waals surface area contributed by atoms with E-state index >= 15 is 0 Å². The minimum atomic E-state index is -0.522. The van der Waals surface area contributed by atoms with Crippen LogP contribution in [-0.2, 0) is 0 Å². The van der Waals surface area contributed by atoms with Crippen molar-refractivity contribution >= 4 is 17.4 Å². The van der Waals surface area contributed by atoms with Gasteiger partial charge in [0.25, 0.3) is 5.91 Å². The Morgan fingerprint density at radius 2 is 2.12 bits per heavy atom. The number of rotatable bonds is 3. The lowest BCUT2D eigenvalue weighted by molar-refractivity contribution is 0.100. The summed E-state index contributed by atoms with van der Waals surface area (Å²) >= 11 is 0. The quantitative estimate of drug-likeness (QED) is 0.807. The first kappa shape index (κ1) is 10.1. The van der Waals surface area contributed by atoms with Crippen LogP contribution in [0.4, 0.5) is 11.5 Å². The molecule has 3 N–H and O–H groups in total. The van der Waals surface area contributed by atoms with Crippen molar-refractivity contribution in [3.63, 3.8) is 0 Å². The Labute approximate surface area is 92.3 Å². The molecule has 0 fully saturated rings. The molecular formula is C11H10N4O. The molecular weight excluding hydrogens is 204 g/mol. The number of nitrogens with two attached hydrogens (primary N) is 1. The van der Waals surface area contributed by atoms with Crippen molar-refractivity contribution in [1.29, 1.82) is 0 Å². The highest BCUT2D eigenvalue weighted by atomic mass is 16.1. The third-order valence-corrected chi connectivity index (χ3v) is 2.01. The van der Waals surface area contributed by atoms with E-state index in [4.69, 9.17) is 5.73 Å². The number of nitrogens with one attached hydrogen (secondary N) is 1. The van der Waals surface area contributed by atoms with Gasteiger partial charge in [-0.25, -0.2) is 4.98 Å².